The fraction of sp³-hybridized carbons (Fsp3) is 0.250. The third-order valence-electron chi connectivity index (χ3n) is 5.24. The molecule has 0 aromatic heterocycles. The second-order valence-corrected chi connectivity index (χ2v) is 7.11. The van der Waals surface area contributed by atoms with Crippen molar-refractivity contribution in [1.82, 2.24) is 0 Å². The molecular formula is C24H25NO5. The highest BCUT2D eigenvalue weighted by atomic mass is 16.6. The number of esters is 1. The van der Waals surface area contributed by atoms with Crippen LogP contribution in [-0.2, 0) is 9.53 Å². The van der Waals surface area contributed by atoms with Gasteiger partial charge in [-0.3, -0.25) is 4.79 Å². The zero-order valence-electron chi connectivity index (χ0n) is 16.8. The van der Waals surface area contributed by atoms with E-state index in [4.69, 9.17) is 20.3 Å². The van der Waals surface area contributed by atoms with Gasteiger partial charge in [0.05, 0.1) is 6.61 Å². The fourth-order valence-electron chi connectivity index (χ4n) is 3.47. The minimum absolute atomic E-state index is 0.0699. The Morgan fingerprint density at radius 1 is 1.13 bits per heavy atom. The van der Waals surface area contributed by atoms with Gasteiger partial charge < -0.3 is 20.3 Å². The summed E-state index contributed by atoms with van der Waals surface area (Å²) >= 11 is 0. The Balaban J connectivity index is 1.94. The van der Waals surface area contributed by atoms with Gasteiger partial charge in [-0.2, -0.15) is 0 Å². The topological polar surface area (TPSA) is 98.8 Å². The fourth-order valence-corrected chi connectivity index (χ4v) is 3.47. The first-order chi connectivity index (χ1) is 14.5. The van der Waals surface area contributed by atoms with Gasteiger partial charge in [0.2, 0.25) is 5.91 Å². The van der Waals surface area contributed by atoms with E-state index in [9.17, 15) is 9.59 Å². The highest BCUT2D eigenvalue weighted by Crippen LogP contribution is 2.39. The van der Waals surface area contributed by atoms with Crippen LogP contribution in [0.3, 0.4) is 0 Å². The Bertz CT molecular complexity index is 967. The summed E-state index contributed by atoms with van der Waals surface area (Å²) in [5, 5.41) is 9.03. The van der Waals surface area contributed by atoms with E-state index in [-0.39, 0.29) is 24.7 Å². The maximum atomic E-state index is 13.1. The summed E-state index contributed by atoms with van der Waals surface area (Å²) in [7, 11) is 0. The third-order valence-corrected chi connectivity index (χ3v) is 5.24. The van der Waals surface area contributed by atoms with Crippen molar-refractivity contribution in [3.8, 4) is 5.75 Å². The van der Waals surface area contributed by atoms with Crippen LogP contribution in [0.1, 0.15) is 35.2 Å². The number of rotatable bonds is 8. The number of primary amides is 1. The molecule has 0 fully saturated rings. The number of carbonyl (C=O) groups excluding carboxylic acids is 2. The summed E-state index contributed by atoms with van der Waals surface area (Å²) in [5.41, 5.74) is 6.05. The molecule has 1 amide bonds. The summed E-state index contributed by atoms with van der Waals surface area (Å²) in [5.74, 6) is -0.921. The van der Waals surface area contributed by atoms with Crippen LogP contribution >= 0.6 is 0 Å². The van der Waals surface area contributed by atoms with E-state index < -0.39 is 17.5 Å². The van der Waals surface area contributed by atoms with Crippen LogP contribution in [0, 0.1) is 0 Å². The number of para-hydroxylation sites is 1. The predicted octanol–water partition coefficient (Wildman–Crippen LogP) is 3.13. The molecule has 2 aromatic carbocycles. The van der Waals surface area contributed by atoms with Gasteiger partial charge in [0, 0.05) is 17.9 Å². The van der Waals surface area contributed by atoms with Crippen molar-refractivity contribution >= 4 is 11.9 Å². The lowest BCUT2D eigenvalue weighted by atomic mass is 9.77. The minimum atomic E-state index is -0.999. The number of benzene rings is 2. The monoisotopic (exact) mass is 407 g/mol. The molecule has 0 bridgehead atoms. The number of aliphatic hydroxyl groups is 1. The lowest BCUT2D eigenvalue weighted by Crippen LogP contribution is -2.40. The van der Waals surface area contributed by atoms with E-state index in [1.165, 1.54) is 0 Å². The van der Waals surface area contributed by atoms with Crippen LogP contribution in [0.4, 0.5) is 0 Å². The van der Waals surface area contributed by atoms with Crippen LogP contribution in [0.5, 0.6) is 5.75 Å². The zero-order valence-corrected chi connectivity index (χ0v) is 16.8. The van der Waals surface area contributed by atoms with Crippen molar-refractivity contribution in [1.29, 1.82) is 0 Å². The lowest BCUT2D eigenvalue weighted by Gasteiger charge is -2.37. The Labute approximate surface area is 175 Å². The first kappa shape index (κ1) is 21.3. The molecule has 2 atom stereocenters. The standard InChI is InChI=1S/C24H25NO5/c1-17(18-7-3-2-4-8-18)24(13-11-19(12-14-24)22(25)27)30-23(28)20-9-5-6-10-21(20)29-16-15-26/h2-13,17,26H,14-16H2,1H3,(H2,25,27)/t17-,24?/m0/s1. The summed E-state index contributed by atoms with van der Waals surface area (Å²) in [6, 6.07) is 16.5. The predicted molar refractivity (Wildman–Crippen MR) is 113 cm³/mol. The summed E-state index contributed by atoms with van der Waals surface area (Å²) in [6.45, 7) is 1.88. The van der Waals surface area contributed by atoms with Crippen molar-refractivity contribution in [2.75, 3.05) is 13.2 Å². The largest absolute Gasteiger partial charge is 0.490 e. The van der Waals surface area contributed by atoms with E-state index in [2.05, 4.69) is 0 Å². The van der Waals surface area contributed by atoms with Crippen molar-refractivity contribution in [3.05, 3.63) is 89.5 Å². The number of aliphatic hydroxyl groups excluding tert-OH is 1. The van der Waals surface area contributed by atoms with Crippen molar-refractivity contribution < 1.29 is 24.2 Å². The Morgan fingerprint density at radius 2 is 1.83 bits per heavy atom. The van der Waals surface area contributed by atoms with Gasteiger partial charge in [-0.15, -0.1) is 0 Å². The first-order valence-corrected chi connectivity index (χ1v) is 9.77. The molecular weight excluding hydrogens is 382 g/mol. The molecule has 1 unspecified atom stereocenters. The highest BCUT2D eigenvalue weighted by molar-refractivity contribution is 5.95. The van der Waals surface area contributed by atoms with E-state index in [0.29, 0.717) is 17.7 Å². The van der Waals surface area contributed by atoms with Gasteiger partial charge in [0.25, 0.3) is 0 Å². The quantitative estimate of drug-likeness (QED) is 0.655. The number of hydrogen-bond donors (Lipinski definition) is 2. The summed E-state index contributed by atoms with van der Waals surface area (Å²) < 4.78 is 11.5. The smallest absolute Gasteiger partial charge is 0.342 e. The molecule has 1 aliphatic carbocycles. The highest BCUT2D eigenvalue weighted by Gasteiger charge is 2.40. The van der Waals surface area contributed by atoms with Crippen LogP contribution < -0.4 is 10.5 Å². The molecule has 3 N–H and O–H groups in total. The van der Waals surface area contributed by atoms with Gasteiger partial charge >= 0.3 is 5.97 Å². The number of carbonyl (C=O) groups is 2. The molecule has 1 aliphatic rings. The average Bonchev–Trinajstić information content (AvgIpc) is 2.78. The molecule has 0 spiro atoms. The van der Waals surface area contributed by atoms with Crippen molar-refractivity contribution in [3.63, 3.8) is 0 Å². The van der Waals surface area contributed by atoms with Gasteiger partial charge in [0.15, 0.2) is 0 Å². The summed E-state index contributed by atoms with van der Waals surface area (Å²) in [6.07, 6.45) is 5.35. The molecule has 0 radical (unpaired) electrons. The SMILES string of the molecule is C[C@@H](c1ccccc1)C1(OC(=O)c2ccccc2OCCO)C=CC(C(N)=O)=CC1. The Hall–Kier alpha value is -3.38. The second kappa shape index (κ2) is 9.41. The first-order valence-electron chi connectivity index (χ1n) is 9.77. The zero-order chi connectivity index (χ0) is 21.6. The third kappa shape index (κ3) is 4.60. The molecule has 0 saturated heterocycles. The van der Waals surface area contributed by atoms with E-state index >= 15 is 0 Å². The maximum absolute atomic E-state index is 13.1. The van der Waals surface area contributed by atoms with Crippen LogP contribution in [0.25, 0.3) is 0 Å². The van der Waals surface area contributed by atoms with Gasteiger partial charge in [-0.25, -0.2) is 4.79 Å². The average molecular weight is 407 g/mol. The van der Waals surface area contributed by atoms with Crippen LogP contribution in [0.15, 0.2) is 78.4 Å². The molecule has 30 heavy (non-hydrogen) atoms. The molecule has 0 saturated carbocycles. The lowest BCUT2D eigenvalue weighted by molar-refractivity contribution is -0.114. The van der Waals surface area contributed by atoms with Crippen molar-refractivity contribution in [2.24, 2.45) is 5.73 Å². The minimum Gasteiger partial charge on any atom is -0.490 e. The van der Waals surface area contributed by atoms with Crippen molar-refractivity contribution in [2.45, 2.75) is 24.9 Å². The van der Waals surface area contributed by atoms with E-state index in [1.54, 1.807) is 42.5 Å². The van der Waals surface area contributed by atoms with E-state index in [1.807, 2.05) is 37.3 Å². The number of amides is 1. The van der Waals surface area contributed by atoms with Gasteiger partial charge in [-0.1, -0.05) is 55.5 Å². The Morgan fingerprint density at radius 3 is 2.47 bits per heavy atom. The molecule has 6 nitrogen and oxygen atoms in total. The van der Waals surface area contributed by atoms with Gasteiger partial charge in [-0.05, 0) is 29.8 Å². The maximum Gasteiger partial charge on any atom is 0.342 e. The molecule has 0 heterocycles. The number of hydrogen-bond acceptors (Lipinski definition) is 5. The van der Waals surface area contributed by atoms with Crippen LogP contribution in [-0.4, -0.2) is 35.8 Å². The number of nitrogens with two attached hydrogens (primary N) is 1. The molecule has 3 rings (SSSR count). The summed E-state index contributed by atoms with van der Waals surface area (Å²) in [4.78, 5) is 24.7. The Kier molecular flexibility index (Phi) is 6.69. The molecule has 2 aromatic rings. The molecule has 6 heteroatoms. The number of ether oxygens (including phenoxy) is 2. The molecule has 0 aliphatic heterocycles. The normalized spacial score (nSPS) is 18.9. The molecule has 156 valence electrons. The van der Waals surface area contributed by atoms with Crippen LogP contribution in [0.2, 0.25) is 0 Å². The second-order valence-electron chi connectivity index (χ2n) is 7.11. The van der Waals surface area contributed by atoms with Gasteiger partial charge in [0.1, 0.15) is 23.5 Å². The van der Waals surface area contributed by atoms with E-state index in [0.717, 1.165) is 5.56 Å².